The average Bonchev–Trinajstić information content (AvgIpc) is 2.36. The van der Waals surface area contributed by atoms with Gasteiger partial charge in [-0.1, -0.05) is 6.92 Å². The Morgan fingerprint density at radius 1 is 1.73 bits per heavy atom. The maximum atomic E-state index is 10.6. The van der Waals surface area contributed by atoms with Crippen molar-refractivity contribution in [3.63, 3.8) is 0 Å². The molecule has 0 radical (unpaired) electrons. The fraction of sp³-hybridized carbons (Fsp3) is 0.857. The Morgan fingerprint density at radius 2 is 2.45 bits per heavy atom. The summed E-state index contributed by atoms with van der Waals surface area (Å²) in [5.41, 5.74) is 0. The van der Waals surface area contributed by atoms with Crippen LogP contribution in [0.1, 0.15) is 6.92 Å². The zero-order valence-electron chi connectivity index (χ0n) is 6.54. The zero-order valence-corrected chi connectivity index (χ0v) is 7.36. The van der Waals surface area contributed by atoms with E-state index in [2.05, 4.69) is 5.32 Å². The molecule has 2 unspecified atom stereocenters. The molecule has 1 rings (SSSR count). The summed E-state index contributed by atoms with van der Waals surface area (Å²) in [5.74, 6) is 0.846. The van der Waals surface area contributed by atoms with Gasteiger partial charge in [0.05, 0.1) is 5.92 Å². The molecule has 1 aliphatic heterocycles. The molecule has 64 valence electrons. The summed E-state index contributed by atoms with van der Waals surface area (Å²) in [6.07, 6.45) is 0. The first-order valence-electron chi connectivity index (χ1n) is 3.79. The summed E-state index contributed by atoms with van der Waals surface area (Å²) < 4.78 is 0. The molecule has 0 aromatic rings. The summed E-state index contributed by atoms with van der Waals surface area (Å²) in [6.45, 7) is 2.86. The minimum Gasteiger partial charge on any atom is -0.481 e. The van der Waals surface area contributed by atoms with E-state index in [-0.39, 0.29) is 12.0 Å². The van der Waals surface area contributed by atoms with Crippen LogP contribution in [0.3, 0.4) is 0 Å². The van der Waals surface area contributed by atoms with Gasteiger partial charge >= 0.3 is 5.97 Å². The number of hydrogen-bond acceptors (Lipinski definition) is 3. The predicted octanol–water partition coefficient (Wildman–Crippen LogP) is 0.412. The SMILES string of the molecule is CCNC1CSCC1C(=O)O. The molecule has 2 N–H and O–H groups in total. The molecule has 0 aromatic carbocycles. The highest BCUT2D eigenvalue weighted by Gasteiger charge is 2.32. The van der Waals surface area contributed by atoms with Crippen LogP contribution in [0.5, 0.6) is 0 Å². The summed E-state index contributed by atoms with van der Waals surface area (Å²) in [7, 11) is 0. The van der Waals surface area contributed by atoms with Crippen LogP contribution in [-0.4, -0.2) is 35.2 Å². The topological polar surface area (TPSA) is 49.3 Å². The summed E-state index contributed by atoms with van der Waals surface area (Å²) >= 11 is 1.72. The molecular weight excluding hydrogens is 162 g/mol. The van der Waals surface area contributed by atoms with Gasteiger partial charge < -0.3 is 10.4 Å². The minimum absolute atomic E-state index is 0.181. The Balaban J connectivity index is 2.44. The number of carboxylic acids is 1. The third kappa shape index (κ3) is 2.10. The number of rotatable bonds is 3. The van der Waals surface area contributed by atoms with Crippen molar-refractivity contribution in [1.82, 2.24) is 5.32 Å². The van der Waals surface area contributed by atoms with Gasteiger partial charge in [-0.25, -0.2) is 0 Å². The van der Waals surface area contributed by atoms with Gasteiger partial charge in [-0.05, 0) is 6.54 Å². The molecular formula is C7H13NO2S. The molecule has 1 heterocycles. The van der Waals surface area contributed by atoms with Crippen molar-refractivity contribution in [2.75, 3.05) is 18.1 Å². The molecule has 0 amide bonds. The Bertz CT molecular complexity index is 151. The Morgan fingerprint density at radius 3 is 3.00 bits per heavy atom. The van der Waals surface area contributed by atoms with Crippen LogP contribution in [0.25, 0.3) is 0 Å². The molecule has 11 heavy (non-hydrogen) atoms. The van der Waals surface area contributed by atoms with Crippen LogP contribution < -0.4 is 5.32 Å². The van der Waals surface area contributed by atoms with Crippen molar-refractivity contribution in [3.05, 3.63) is 0 Å². The molecule has 1 fully saturated rings. The summed E-state index contributed by atoms with van der Waals surface area (Å²) in [4.78, 5) is 10.6. The van der Waals surface area contributed by atoms with Gasteiger partial charge in [0.15, 0.2) is 0 Å². The number of nitrogens with one attached hydrogen (secondary N) is 1. The molecule has 0 aliphatic carbocycles. The minimum atomic E-state index is -0.666. The number of carboxylic acid groups (broad SMARTS) is 1. The lowest BCUT2D eigenvalue weighted by Gasteiger charge is -2.14. The van der Waals surface area contributed by atoms with E-state index in [1.54, 1.807) is 11.8 Å². The second-order valence-electron chi connectivity index (χ2n) is 2.65. The Hall–Kier alpha value is -0.220. The maximum Gasteiger partial charge on any atom is 0.308 e. The van der Waals surface area contributed by atoms with E-state index >= 15 is 0 Å². The van der Waals surface area contributed by atoms with Gasteiger partial charge in [-0.15, -0.1) is 0 Å². The highest BCUT2D eigenvalue weighted by Crippen LogP contribution is 2.24. The molecule has 2 atom stereocenters. The Labute approximate surface area is 70.6 Å². The van der Waals surface area contributed by atoms with Crippen molar-refractivity contribution in [1.29, 1.82) is 0 Å². The first kappa shape index (κ1) is 8.87. The normalized spacial score (nSPS) is 30.6. The van der Waals surface area contributed by atoms with E-state index in [1.165, 1.54) is 0 Å². The molecule has 1 saturated heterocycles. The van der Waals surface area contributed by atoms with Crippen molar-refractivity contribution in [2.24, 2.45) is 5.92 Å². The lowest BCUT2D eigenvalue weighted by Crippen LogP contribution is -2.38. The molecule has 4 heteroatoms. The molecule has 0 saturated carbocycles. The fourth-order valence-corrected chi connectivity index (χ4v) is 2.63. The molecule has 0 aromatic heterocycles. The van der Waals surface area contributed by atoms with Gasteiger partial charge in [0.2, 0.25) is 0 Å². The van der Waals surface area contributed by atoms with Crippen molar-refractivity contribution in [2.45, 2.75) is 13.0 Å². The van der Waals surface area contributed by atoms with Crippen LogP contribution in [0.15, 0.2) is 0 Å². The summed E-state index contributed by atoms with van der Waals surface area (Å²) in [6, 6.07) is 0.183. The summed E-state index contributed by atoms with van der Waals surface area (Å²) in [5, 5.41) is 11.9. The van der Waals surface area contributed by atoms with Crippen molar-refractivity contribution >= 4 is 17.7 Å². The van der Waals surface area contributed by atoms with Crippen LogP contribution in [-0.2, 0) is 4.79 Å². The number of carbonyl (C=O) groups is 1. The molecule has 0 bridgehead atoms. The molecule has 0 spiro atoms. The van der Waals surface area contributed by atoms with Gasteiger partial charge in [-0.3, -0.25) is 4.79 Å². The largest absolute Gasteiger partial charge is 0.481 e. The van der Waals surface area contributed by atoms with Gasteiger partial charge in [0.25, 0.3) is 0 Å². The van der Waals surface area contributed by atoms with E-state index in [9.17, 15) is 4.79 Å². The second kappa shape index (κ2) is 3.97. The molecule has 3 nitrogen and oxygen atoms in total. The lowest BCUT2D eigenvalue weighted by molar-refractivity contribution is -0.141. The van der Waals surface area contributed by atoms with E-state index < -0.39 is 5.97 Å². The smallest absolute Gasteiger partial charge is 0.308 e. The lowest BCUT2D eigenvalue weighted by atomic mass is 10.0. The highest BCUT2D eigenvalue weighted by atomic mass is 32.2. The monoisotopic (exact) mass is 175 g/mol. The first-order chi connectivity index (χ1) is 5.25. The maximum absolute atomic E-state index is 10.6. The van der Waals surface area contributed by atoms with Crippen LogP contribution >= 0.6 is 11.8 Å². The highest BCUT2D eigenvalue weighted by molar-refractivity contribution is 7.99. The standard InChI is InChI=1S/C7H13NO2S/c1-2-8-6-4-11-3-5(6)7(9)10/h5-6,8H,2-4H2,1H3,(H,9,10). The van der Waals surface area contributed by atoms with Crippen molar-refractivity contribution in [3.8, 4) is 0 Å². The van der Waals surface area contributed by atoms with Gasteiger partial charge in [-0.2, -0.15) is 11.8 Å². The quantitative estimate of drug-likeness (QED) is 0.652. The average molecular weight is 175 g/mol. The molecule has 1 aliphatic rings. The van der Waals surface area contributed by atoms with Crippen LogP contribution in [0.2, 0.25) is 0 Å². The van der Waals surface area contributed by atoms with E-state index in [4.69, 9.17) is 5.11 Å². The third-order valence-corrected chi connectivity index (χ3v) is 3.05. The Kier molecular flexibility index (Phi) is 3.20. The fourth-order valence-electron chi connectivity index (χ4n) is 1.26. The van der Waals surface area contributed by atoms with Crippen LogP contribution in [0, 0.1) is 5.92 Å². The van der Waals surface area contributed by atoms with Gasteiger partial charge in [0, 0.05) is 17.5 Å². The van der Waals surface area contributed by atoms with E-state index in [1.807, 2.05) is 6.92 Å². The van der Waals surface area contributed by atoms with Gasteiger partial charge in [0.1, 0.15) is 0 Å². The number of thioether (sulfide) groups is 1. The second-order valence-corrected chi connectivity index (χ2v) is 3.72. The number of aliphatic carboxylic acids is 1. The zero-order chi connectivity index (χ0) is 8.27. The van der Waals surface area contributed by atoms with E-state index in [0.29, 0.717) is 0 Å². The third-order valence-electron chi connectivity index (χ3n) is 1.86. The van der Waals surface area contributed by atoms with Crippen LogP contribution in [0.4, 0.5) is 0 Å². The predicted molar refractivity (Wildman–Crippen MR) is 45.9 cm³/mol. The number of hydrogen-bond donors (Lipinski definition) is 2. The first-order valence-corrected chi connectivity index (χ1v) is 4.95. The van der Waals surface area contributed by atoms with Crippen molar-refractivity contribution < 1.29 is 9.90 Å². The van der Waals surface area contributed by atoms with E-state index in [0.717, 1.165) is 18.1 Å².